The van der Waals surface area contributed by atoms with E-state index >= 15 is 0 Å². The molecule has 3 N–H and O–H groups in total. The monoisotopic (exact) mass is 298 g/mol. The lowest BCUT2D eigenvalue weighted by molar-refractivity contribution is 0.244. The predicted octanol–water partition coefficient (Wildman–Crippen LogP) is 1.90. The highest BCUT2D eigenvalue weighted by molar-refractivity contribution is 7.91. The molecule has 1 heterocycles. The van der Waals surface area contributed by atoms with Gasteiger partial charge in [-0.3, -0.25) is 0 Å². The minimum absolute atomic E-state index is 0.0625. The average molecular weight is 298 g/mol. The molecule has 1 atom stereocenters. The molecule has 1 unspecified atom stereocenters. The van der Waals surface area contributed by atoms with Crippen LogP contribution in [-0.2, 0) is 9.84 Å². The number of hydrogen-bond donors (Lipinski definition) is 2. The molecule has 1 aliphatic heterocycles. The van der Waals surface area contributed by atoms with Crippen LogP contribution in [0.1, 0.15) is 20.3 Å². The molecule has 2 rings (SSSR count). The van der Waals surface area contributed by atoms with E-state index in [1.165, 1.54) is 0 Å². The average Bonchev–Trinajstić information content (AvgIpc) is 2.70. The number of ether oxygens (including phenoxy) is 1. The van der Waals surface area contributed by atoms with E-state index in [0.29, 0.717) is 23.7 Å². The van der Waals surface area contributed by atoms with Crippen molar-refractivity contribution in [3.8, 4) is 5.75 Å². The van der Waals surface area contributed by atoms with E-state index in [9.17, 15) is 8.42 Å². The third kappa shape index (κ3) is 3.79. The van der Waals surface area contributed by atoms with Crippen molar-refractivity contribution in [2.75, 3.05) is 29.1 Å². The lowest BCUT2D eigenvalue weighted by atomic mass is 10.1. The van der Waals surface area contributed by atoms with Crippen molar-refractivity contribution >= 4 is 21.2 Å². The van der Waals surface area contributed by atoms with E-state index in [1.807, 2.05) is 32.0 Å². The smallest absolute Gasteiger partial charge is 0.150 e. The normalized spacial score (nSPS) is 21.1. The molecule has 1 aromatic carbocycles. The molecule has 0 amide bonds. The van der Waals surface area contributed by atoms with Gasteiger partial charge in [0, 0.05) is 6.54 Å². The Kier molecular flexibility index (Phi) is 4.42. The standard InChI is InChI=1S/C14H22N2O3S/c1-10(2)19-13-5-3-4-12(14(13)15)16-8-11-6-7-20(17,18)9-11/h3-5,10-11,16H,6-9,15H2,1-2H3. The van der Waals surface area contributed by atoms with Gasteiger partial charge in [0.2, 0.25) is 0 Å². The van der Waals surface area contributed by atoms with Gasteiger partial charge in [-0.25, -0.2) is 8.42 Å². The maximum absolute atomic E-state index is 11.4. The summed E-state index contributed by atoms with van der Waals surface area (Å²) in [7, 11) is -2.83. The van der Waals surface area contributed by atoms with Gasteiger partial charge in [0.05, 0.1) is 29.0 Å². The Morgan fingerprint density at radius 2 is 2.20 bits per heavy atom. The van der Waals surface area contributed by atoms with Crippen LogP contribution >= 0.6 is 0 Å². The van der Waals surface area contributed by atoms with Crippen LogP contribution in [0.25, 0.3) is 0 Å². The van der Waals surface area contributed by atoms with Gasteiger partial charge in [0.25, 0.3) is 0 Å². The third-order valence-corrected chi connectivity index (χ3v) is 5.17. The third-order valence-electron chi connectivity index (χ3n) is 3.34. The molecule has 0 aliphatic carbocycles. The van der Waals surface area contributed by atoms with E-state index in [1.54, 1.807) is 0 Å². The second-order valence-corrected chi connectivity index (χ2v) is 7.76. The Hall–Kier alpha value is -1.43. The first kappa shape index (κ1) is 15.0. The molecule has 0 spiro atoms. The van der Waals surface area contributed by atoms with Gasteiger partial charge in [0.1, 0.15) is 5.75 Å². The number of para-hydroxylation sites is 1. The maximum Gasteiger partial charge on any atom is 0.150 e. The zero-order chi connectivity index (χ0) is 14.8. The molecule has 1 aliphatic rings. The first-order chi connectivity index (χ1) is 9.37. The van der Waals surface area contributed by atoms with Crippen LogP contribution in [0.4, 0.5) is 11.4 Å². The largest absolute Gasteiger partial charge is 0.489 e. The molecule has 1 saturated heterocycles. The van der Waals surface area contributed by atoms with Crippen LogP contribution in [0, 0.1) is 5.92 Å². The number of nitrogen functional groups attached to an aromatic ring is 1. The number of sulfone groups is 1. The fourth-order valence-electron chi connectivity index (χ4n) is 2.34. The maximum atomic E-state index is 11.4. The Morgan fingerprint density at radius 3 is 2.80 bits per heavy atom. The fraction of sp³-hybridized carbons (Fsp3) is 0.571. The van der Waals surface area contributed by atoms with Crippen molar-refractivity contribution in [3.05, 3.63) is 18.2 Å². The van der Waals surface area contributed by atoms with Gasteiger partial charge < -0.3 is 15.8 Å². The summed E-state index contributed by atoms with van der Waals surface area (Å²) in [6.07, 6.45) is 0.782. The van der Waals surface area contributed by atoms with Gasteiger partial charge >= 0.3 is 0 Å². The highest BCUT2D eigenvalue weighted by Gasteiger charge is 2.27. The van der Waals surface area contributed by atoms with E-state index in [4.69, 9.17) is 10.5 Å². The summed E-state index contributed by atoms with van der Waals surface area (Å²) in [5.74, 6) is 1.38. The second-order valence-electron chi connectivity index (χ2n) is 5.53. The number of nitrogens with one attached hydrogen (secondary N) is 1. The number of rotatable bonds is 5. The summed E-state index contributed by atoms with van der Waals surface area (Å²) in [6, 6.07) is 5.59. The molecule has 1 aromatic rings. The Balaban J connectivity index is 2.00. The topological polar surface area (TPSA) is 81.4 Å². The summed E-state index contributed by atoms with van der Waals surface area (Å²) in [5.41, 5.74) is 7.43. The van der Waals surface area contributed by atoms with Crippen LogP contribution < -0.4 is 15.8 Å². The molecule has 0 aromatic heterocycles. The van der Waals surface area contributed by atoms with E-state index in [2.05, 4.69) is 5.32 Å². The highest BCUT2D eigenvalue weighted by atomic mass is 32.2. The van der Waals surface area contributed by atoms with E-state index < -0.39 is 9.84 Å². The van der Waals surface area contributed by atoms with Crippen LogP contribution in [0.15, 0.2) is 18.2 Å². The zero-order valence-corrected chi connectivity index (χ0v) is 12.7. The minimum Gasteiger partial charge on any atom is -0.489 e. The summed E-state index contributed by atoms with van der Waals surface area (Å²) < 4.78 is 28.5. The predicted molar refractivity (Wildman–Crippen MR) is 81.9 cm³/mol. The second kappa shape index (κ2) is 5.91. The first-order valence-corrected chi connectivity index (χ1v) is 8.69. The molecule has 6 heteroatoms. The van der Waals surface area contributed by atoms with Crippen molar-refractivity contribution in [1.82, 2.24) is 0 Å². The van der Waals surface area contributed by atoms with Gasteiger partial charge in [-0.15, -0.1) is 0 Å². The zero-order valence-electron chi connectivity index (χ0n) is 11.9. The number of benzene rings is 1. The summed E-state index contributed by atoms with van der Waals surface area (Å²) in [5, 5.41) is 3.24. The summed E-state index contributed by atoms with van der Waals surface area (Å²) in [4.78, 5) is 0. The Morgan fingerprint density at radius 1 is 1.45 bits per heavy atom. The molecular weight excluding hydrogens is 276 g/mol. The molecule has 0 saturated carbocycles. The summed E-state index contributed by atoms with van der Waals surface area (Å²) in [6.45, 7) is 4.51. The molecule has 5 nitrogen and oxygen atoms in total. The fourth-order valence-corrected chi connectivity index (χ4v) is 4.20. The number of anilines is 2. The van der Waals surface area contributed by atoms with Crippen molar-refractivity contribution < 1.29 is 13.2 Å². The lowest BCUT2D eigenvalue weighted by Crippen LogP contribution is -2.16. The van der Waals surface area contributed by atoms with Gasteiger partial charge in [-0.1, -0.05) is 6.07 Å². The van der Waals surface area contributed by atoms with Gasteiger partial charge in [-0.2, -0.15) is 0 Å². The van der Waals surface area contributed by atoms with Crippen molar-refractivity contribution in [2.24, 2.45) is 5.92 Å². The van der Waals surface area contributed by atoms with Crippen LogP contribution in [0.5, 0.6) is 5.75 Å². The van der Waals surface area contributed by atoms with Gasteiger partial charge in [-0.05, 0) is 38.3 Å². The Bertz CT molecular complexity index is 570. The SMILES string of the molecule is CC(C)Oc1cccc(NCC2CCS(=O)(=O)C2)c1N. The van der Waals surface area contributed by atoms with Crippen LogP contribution in [-0.4, -0.2) is 32.6 Å². The molecule has 20 heavy (non-hydrogen) atoms. The number of nitrogens with two attached hydrogens (primary N) is 1. The van der Waals surface area contributed by atoms with E-state index in [-0.39, 0.29) is 17.8 Å². The van der Waals surface area contributed by atoms with E-state index in [0.717, 1.165) is 12.1 Å². The van der Waals surface area contributed by atoms with Gasteiger partial charge in [0.15, 0.2) is 9.84 Å². The van der Waals surface area contributed by atoms with Crippen molar-refractivity contribution in [1.29, 1.82) is 0 Å². The molecule has 0 radical (unpaired) electrons. The molecule has 0 bridgehead atoms. The summed E-state index contributed by atoms with van der Waals surface area (Å²) >= 11 is 0. The molecule has 1 fully saturated rings. The van der Waals surface area contributed by atoms with Crippen LogP contribution in [0.2, 0.25) is 0 Å². The van der Waals surface area contributed by atoms with Crippen molar-refractivity contribution in [2.45, 2.75) is 26.4 Å². The number of hydrogen-bond acceptors (Lipinski definition) is 5. The molecular formula is C14H22N2O3S. The minimum atomic E-state index is -2.83. The lowest BCUT2D eigenvalue weighted by Gasteiger charge is -2.17. The van der Waals surface area contributed by atoms with Crippen LogP contribution in [0.3, 0.4) is 0 Å². The Labute approximate surface area is 120 Å². The quantitative estimate of drug-likeness (QED) is 0.811. The first-order valence-electron chi connectivity index (χ1n) is 6.87. The molecule has 112 valence electrons. The highest BCUT2D eigenvalue weighted by Crippen LogP contribution is 2.30. The van der Waals surface area contributed by atoms with Crippen molar-refractivity contribution in [3.63, 3.8) is 0 Å².